The van der Waals surface area contributed by atoms with Gasteiger partial charge in [-0.1, -0.05) is 59.9 Å². The Bertz CT molecular complexity index is 1660. The highest BCUT2D eigenvalue weighted by atomic mass is 32.2. The highest BCUT2D eigenvalue weighted by molar-refractivity contribution is 7.92. The van der Waals surface area contributed by atoms with Gasteiger partial charge in [-0.3, -0.25) is 14.3 Å². The molecule has 0 atom stereocenters. The molecule has 1 aromatic heterocycles. The maximum Gasteiger partial charge on any atom is 0.264 e. The minimum Gasteiger partial charge on any atom is -0.349 e. The van der Waals surface area contributed by atoms with Crippen LogP contribution in [-0.2, 0) is 16.6 Å². The lowest BCUT2D eigenvalue weighted by molar-refractivity contribution is 0.0944. The van der Waals surface area contributed by atoms with Crippen molar-refractivity contribution < 1.29 is 18.0 Å². The van der Waals surface area contributed by atoms with E-state index in [-0.39, 0.29) is 17.9 Å². The third-order valence-corrected chi connectivity index (χ3v) is 7.80. The van der Waals surface area contributed by atoms with Gasteiger partial charge in [-0.2, -0.15) is 0 Å². The van der Waals surface area contributed by atoms with Gasteiger partial charge in [0.05, 0.1) is 11.9 Å². The average molecular weight is 576 g/mol. The Labute approximate surface area is 237 Å². The number of amides is 2. The monoisotopic (exact) mass is 575 g/mol. The summed E-state index contributed by atoms with van der Waals surface area (Å²) in [6.45, 7) is 2.26. The molecule has 0 aliphatic heterocycles. The zero-order valence-electron chi connectivity index (χ0n) is 22.0. The first-order valence-electron chi connectivity index (χ1n) is 12.7. The van der Waals surface area contributed by atoms with Crippen molar-refractivity contribution in [3.63, 3.8) is 0 Å². The summed E-state index contributed by atoms with van der Waals surface area (Å²) in [5.74, 6) is -0.429. The lowest BCUT2D eigenvalue weighted by atomic mass is 10.1. The molecule has 40 heavy (non-hydrogen) atoms. The number of nitrogens with zero attached hydrogens (tertiary/aromatic N) is 1. The van der Waals surface area contributed by atoms with Crippen molar-refractivity contribution in [2.75, 3.05) is 16.3 Å². The summed E-state index contributed by atoms with van der Waals surface area (Å²) in [6.07, 6.45) is 3.08. The molecule has 1 aliphatic carbocycles. The Morgan fingerprint density at radius 2 is 1.75 bits per heavy atom. The van der Waals surface area contributed by atoms with Crippen molar-refractivity contribution in [2.45, 2.75) is 32.4 Å². The van der Waals surface area contributed by atoms with E-state index in [2.05, 4.69) is 20.7 Å². The number of aryl methyl sites for hydroxylation is 1. The summed E-state index contributed by atoms with van der Waals surface area (Å²) >= 11 is 1.18. The smallest absolute Gasteiger partial charge is 0.264 e. The molecule has 4 aromatic rings. The van der Waals surface area contributed by atoms with Crippen LogP contribution in [0.5, 0.6) is 0 Å². The molecule has 1 aliphatic rings. The molecular weight excluding hydrogens is 546 g/mol. The molecule has 5 rings (SSSR count). The first-order chi connectivity index (χ1) is 19.1. The number of sulfonamides is 1. The van der Waals surface area contributed by atoms with E-state index in [1.165, 1.54) is 11.3 Å². The summed E-state index contributed by atoms with van der Waals surface area (Å²) in [7, 11) is -3.49. The predicted octanol–water partition coefficient (Wildman–Crippen LogP) is 5.06. The lowest BCUT2D eigenvalue weighted by Crippen LogP contribution is -2.25. The van der Waals surface area contributed by atoms with Gasteiger partial charge in [-0.05, 0) is 55.2 Å². The van der Waals surface area contributed by atoms with Crippen molar-refractivity contribution in [3.05, 3.63) is 94.4 Å². The van der Waals surface area contributed by atoms with Crippen molar-refractivity contribution in [1.82, 2.24) is 15.6 Å². The lowest BCUT2D eigenvalue weighted by Gasteiger charge is -2.10. The number of carbonyl (C=O) groups excluding carboxylic acids is 2. The maximum absolute atomic E-state index is 13.4. The second kappa shape index (κ2) is 11.5. The highest BCUT2D eigenvalue weighted by Crippen LogP contribution is 2.35. The van der Waals surface area contributed by atoms with Gasteiger partial charge in [0, 0.05) is 35.1 Å². The molecule has 4 N–H and O–H groups in total. The van der Waals surface area contributed by atoms with E-state index < -0.39 is 10.0 Å². The van der Waals surface area contributed by atoms with Gasteiger partial charge in [0.15, 0.2) is 5.13 Å². The molecule has 9 nitrogen and oxygen atoms in total. The summed E-state index contributed by atoms with van der Waals surface area (Å²) in [6, 6.07) is 22.0. The molecule has 1 fully saturated rings. The van der Waals surface area contributed by atoms with Crippen LogP contribution in [0.2, 0.25) is 0 Å². The third-order valence-electron chi connectivity index (χ3n) is 6.22. The van der Waals surface area contributed by atoms with Crippen LogP contribution in [0.15, 0.2) is 72.8 Å². The Hall–Kier alpha value is -4.22. The summed E-state index contributed by atoms with van der Waals surface area (Å²) in [4.78, 5) is 31.1. The van der Waals surface area contributed by atoms with Gasteiger partial charge in [-0.25, -0.2) is 13.4 Å². The van der Waals surface area contributed by atoms with E-state index >= 15 is 0 Å². The molecule has 206 valence electrons. The van der Waals surface area contributed by atoms with Crippen LogP contribution in [0.25, 0.3) is 11.3 Å². The molecule has 0 radical (unpaired) electrons. The van der Waals surface area contributed by atoms with E-state index in [1.54, 1.807) is 36.4 Å². The number of benzene rings is 3. The standard InChI is InChI=1S/C29H29N5O4S2/c1-18-11-12-21(27(35)31-22-13-14-22)16-24(18)32-29-33-25(20-9-6-10-23(15-20)34-40(2,37)38)26(39-29)28(36)30-17-19-7-4-3-5-8-19/h3-12,15-16,22,34H,13-14,17H2,1-2H3,(H,30,36)(H,31,35)(H,32,33). The fourth-order valence-electron chi connectivity index (χ4n) is 4.04. The first kappa shape index (κ1) is 27.4. The zero-order chi connectivity index (χ0) is 28.3. The highest BCUT2D eigenvalue weighted by Gasteiger charge is 2.24. The molecule has 2 amide bonds. The van der Waals surface area contributed by atoms with E-state index in [9.17, 15) is 18.0 Å². The fraction of sp³-hybridized carbons (Fsp3) is 0.207. The van der Waals surface area contributed by atoms with Crippen molar-refractivity contribution in [2.24, 2.45) is 0 Å². The normalized spacial score (nSPS) is 12.9. The van der Waals surface area contributed by atoms with Gasteiger partial charge in [0.2, 0.25) is 10.0 Å². The number of rotatable bonds is 10. The largest absolute Gasteiger partial charge is 0.349 e. The molecule has 0 saturated heterocycles. The molecule has 1 saturated carbocycles. The summed E-state index contributed by atoms with van der Waals surface area (Å²) in [5.41, 5.74) is 4.46. The van der Waals surface area contributed by atoms with Gasteiger partial charge < -0.3 is 16.0 Å². The van der Waals surface area contributed by atoms with E-state index in [0.717, 1.165) is 30.2 Å². The van der Waals surface area contributed by atoms with Crippen molar-refractivity contribution in [3.8, 4) is 11.3 Å². The maximum atomic E-state index is 13.4. The third kappa shape index (κ3) is 7.04. The topological polar surface area (TPSA) is 129 Å². The Morgan fingerprint density at radius 3 is 2.48 bits per heavy atom. The molecular formula is C29H29N5O4S2. The average Bonchev–Trinajstić information content (AvgIpc) is 3.63. The number of nitrogens with one attached hydrogen (secondary N) is 4. The van der Waals surface area contributed by atoms with Crippen LogP contribution in [0.3, 0.4) is 0 Å². The first-order valence-corrected chi connectivity index (χ1v) is 15.4. The van der Waals surface area contributed by atoms with E-state index in [4.69, 9.17) is 4.98 Å². The second-order valence-electron chi connectivity index (χ2n) is 9.72. The molecule has 0 bridgehead atoms. The molecule has 3 aromatic carbocycles. The zero-order valence-corrected chi connectivity index (χ0v) is 23.7. The predicted molar refractivity (Wildman–Crippen MR) is 159 cm³/mol. The Balaban J connectivity index is 1.46. The van der Waals surface area contributed by atoms with Gasteiger partial charge in [0.1, 0.15) is 4.88 Å². The number of thiazole rings is 1. The van der Waals surface area contributed by atoms with Gasteiger partial charge >= 0.3 is 0 Å². The number of carbonyl (C=O) groups is 2. The van der Waals surface area contributed by atoms with Crippen LogP contribution in [0.4, 0.5) is 16.5 Å². The molecule has 11 heteroatoms. The number of anilines is 3. The van der Waals surface area contributed by atoms with Crippen molar-refractivity contribution in [1.29, 1.82) is 0 Å². The van der Waals surface area contributed by atoms with E-state index in [1.807, 2.05) is 43.3 Å². The molecule has 0 spiro atoms. The van der Waals surface area contributed by atoms with Crippen LogP contribution >= 0.6 is 11.3 Å². The Morgan fingerprint density at radius 1 is 0.975 bits per heavy atom. The summed E-state index contributed by atoms with van der Waals surface area (Å²) < 4.78 is 26.1. The number of hydrogen-bond acceptors (Lipinski definition) is 7. The van der Waals surface area contributed by atoms with Crippen LogP contribution in [-0.4, -0.2) is 37.5 Å². The number of hydrogen-bond donors (Lipinski definition) is 4. The Kier molecular flexibility index (Phi) is 7.85. The second-order valence-corrected chi connectivity index (χ2v) is 12.5. The van der Waals surface area contributed by atoms with Gasteiger partial charge in [0.25, 0.3) is 11.8 Å². The van der Waals surface area contributed by atoms with Crippen LogP contribution in [0.1, 0.15) is 44.0 Å². The van der Waals surface area contributed by atoms with Crippen LogP contribution < -0.4 is 20.7 Å². The SMILES string of the molecule is Cc1ccc(C(=O)NC2CC2)cc1Nc1nc(-c2cccc(NS(C)(=O)=O)c2)c(C(=O)NCc2ccccc2)s1. The summed E-state index contributed by atoms with van der Waals surface area (Å²) in [5, 5.41) is 9.70. The minimum atomic E-state index is -3.49. The van der Waals surface area contributed by atoms with Crippen LogP contribution in [0, 0.1) is 6.92 Å². The van der Waals surface area contributed by atoms with Gasteiger partial charge in [-0.15, -0.1) is 0 Å². The molecule has 0 unspecified atom stereocenters. The van der Waals surface area contributed by atoms with E-state index in [0.29, 0.717) is 44.7 Å². The minimum absolute atomic E-state index is 0.124. The fourth-order valence-corrected chi connectivity index (χ4v) is 5.51. The number of aromatic nitrogens is 1. The quantitative estimate of drug-likeness (QED) is 0.209. The van der Waals surface area contributed by atoms with Crippen molar-refractivity contribution >= 4 is 49.7 Å². The molecule has 1 heterocycles.